The van der Waals surface area contributed by atoms with Gasteiger partial charge in [0.05, 0.1) is 0 Å². The fourth-order valence-corrected chi connectivity index (χ4v) is 1.48. The molecule has 1 aromatic carbocycles. The quantitative estimate of drug-likeness (QED) is 0.685. The molecule has 0 saturated heterocycles. The van der Waals surface area contributed by atoms with Crippen LogP contribution in [0.4, 0.5) is 0 Å². The van der Waals surface area contributed by atoms with E-state index in [4.69, 9.17) is 11.5 Å². The largest absolute Gasteiger partial charge is 0.366 e. The molecule has 5 nitrogen and oxygen atoms in total. The van der Waals surface area contributed by atoms with Gasteiger partial charge in [-0.15, -0.1) is 0 Å². The first-order valence-electron chi connectivity index (χ1n) is 5.90. The van der Waals surface area contributed by atoms with Crippen LogP contribution < -0.4 is 16.8 Å². The molecule has 0 spiro atoms. The molecule has 18 heavy (non-hydrogen) atoms. The van der Waals surface area contributed by atoms with Gasteiger partial charge >= 0.3 is 0 Å². The second kappa shape index (κ2) is 6.76. The Labute approximate surface area is 107 Å². The predicted molar refractivity (Wildman–Crippen MR) is 69.7 cm³/mol. The lowest BCUT2D eigenvalue weighted by atomic mass is 10.1. The Balaban J connectivity index is 2.46. The summed E-state index contributed by atoms with van der Waals surface area (Å²) in [6.45, 7) is 2.25. The minimum absolute atomic E-state index is 0.0222. The van der Waals surface area contributed by atoms with Crippen LogP contribution >= 0.6 is 0 Å². The molecule has 5 N–H and O–H groups in total. The molecule has 1 atom stereocenters. The molecule has 0 aliphatic rings. The third-order valence-electron chi connectivity index (χ3n) is 2.53. The summed E-state index contributed by atoms with van der Waals surface area (Å²) in [4.78, 5) is 22.5. The zero-order chi connectivity index (χ0) is 13.5. The van der Waals surface area contributed by atoms with E-state index in [1.54, 1.807) is 18.2 Å². The first-order chi connectivity index (χ1) is 8.49. The van der Waals surface area contributed by atoms with E-state index in [0.29, 0.717) is 24.9 Å². The van der Waals surface area contributed by atoms with E-state index >= 15 is 0 Å². The minimum atomic E-state index is -0.472. The molecule has 0 aliphatic carbocycles. The topological polar surface area (TPSA) is 98.2 Å². The lowest BCUT2D eigenvalue weighted by molar-refractivity contribution is -0.121. The van der Waals surface area contributed by atoms with Crippen LogP contribution in [0.5, 0.6) is 0 Å². The second-order valence-electron chi connectivity index (χ2n) is 4.36. The molecule has 1 rings (SSSR count). The molecule has 0 bridgehead atoms. The molecule has 0 radical (unpaired) electrons. The maximum atomic E-state index is 11.5. The van der Waals surface area contributed by atoms with Crippen molar-refractivity contribution in [2.45, 2.75) is 32.4 Å². The highest BCUT2D eigenvalue weighted by Crippen LogP contribution is 2.04. The van der Waals surface area contributed by atoms with Crippen molar-refractivity contribution >= 4 is 11.8 Å². The van der Waals surface area contributed by atoms with E-state index in [0.717, 1.165) is 5.56 Å². The highest BCUT2D eigenvalue weighted by molar-refractivity contribution is 5.92. The average Bonchev–Trinajstić information content (AvgIpc) is 2.34. The summed E-state index contributed by atoms with van der Waals surface area (Å²) < 4.78 is 0. The molecule has 0 heterocycles. The van der Waals surface area contributed by atoms with Gasteiger partial charge in [0.2, 0.25) is 11.8 Å². The smallest absolute Gasteiger partial charge is 0.248 e. The van der Waals surface area contributed by atoms with Crippen LogP contribution in [0.3, 0.4) is 0 Å². The van der Waals surface area contributed by atoms with E-state index in [9.17, 15) is 9.59 Å². The van der Waals surface area contributed by atoms with Crippen LogP contribution in [0.25, 0.3) is 0 Å². The molecule has 98 valence electrons. The van der Waals surface area contributed by atoms with Gasteiger partial charge in [-0.25, -0.2) is 0 Å². The van der Waals surface area contributed by atoms with E-state index in [2.05, 4.69) is 5.32 Å². The van der Waals surface area contributed by atoms with Crippen molar-refractivity contribution < 1.29 is 9.59 Å². The highest BCUT2D eigenvalue weighted by atomic mass is 16.1. The van der Waals surface area contributed by atoms with Crippen LogP contribution in [0.15, 0.2) is 24.3 Å². The van der Waals surface area contributed by atoms with Gasteiger partial charge < -0.3 is 16.8 Å². The van der Waals surface area contributed by atoms with Gasteiger partial charge in [0.15, 0.2) is 0 Å². The van der Waals surface area contributed by atoms with Crippen LogP contribution in [-0.4, -0.2) is 17.9 Å². The monoisotopic (exact) mass is 249 g/mol. The number of carbonyl (C=O) groups excluding carboxylic acids is 2. The fraction of sp³-hybridized carbons (Fsp3) is 0.385. The molecular formula is C13H19N3O2. The van der Waals surface area contributed by atoms with Crippen molar-refractivity contribution in [2.75, 3.05) is 0 Å². The van der Waals surface area contributed by atoms with Gasteiger partial charge in [-0.2, -0.15) is 0 Å². The normalized spacial score (nSPS) is 11.9. The van der Waals surface area contributed by atoms with Crippen LogP contribution in [-0.2, 0) is 11.3 Å². The fourth-order valence-electron chi connectivity index (χ4n) is 1.48. The SMILES string of the molecule is CC(N)CCC(=O)NCc1cccc(C(N)=O)c1. The molecule has 0 saturated carbocycles. The van der Waals surface area contributed by atoms with Crippen molar-refractivity contribution in [2.24, 2.45) is 11.5 Å². The Kier molecular flexibility index (Phi) is 5.32. The van der Waals surface area contributed by atoms with Crippen molar-refractivity contribution in [3.63, 3.8) is 0 Å². The zero-order valence-electron chi connectivity index (χ0n) is 10.5. The van der Waals surface area contributed by atoms with Crippen molar-refractivity contribution in [3.8, 4) is 0 Å². The summed E-state index contributed by atoms with van der Waals surface area (Å²) in [5, 5.41) is 2.77. The molecular weight excluding hydrogens is 230 g/mol. The number of primary amides is 1. The van der Waals surface area contributed by atoms with Gasteiger partial charge in [0, 0.05) is 24.6 Å². The number of nitrogens with one attached hydrogen (secondary N) is 1. The number of hydrogen-bond donors (Lipinski definition) is 3. The Bertz CT molecular complexity index is 430. The third-order valence-corrected chi connectivity index (χ3v) is 2.53. The summed E-state index contributed by atoms with van der Waals surface area (Å²) in [5.41, 5.74) is 12.0. The van der Waals surface area contributed by atoms with E-state index in [1.165, 1.54) is 0 Å². The second-order valence-corrected chi connectivity index (χ2v) is 4.36. The molecule has 5 heteroatoms. The first kappa shape index (κ1) is 14.2. The van der Waals surface area contributed by atoms with Gasteiger partial charge in [-0.1, -0.05) is 12.1 Å². The molecule has 0 fully saturated rings. The van der Waals surface area contributed by atoms with Crippen molar-refractivity contribution in [1.29, 1.82) is 0 Å². The number of hydrogen-bond acceptors (Lipinski definition) is 3. The lowest BCUT2D eigenvalue weighted by Gasteiger charge is -2.07. The number of nitrogens with two attached hydrogens (primary N) is 2. The van der Waals surface area contributed by atoms with Gasteiger partial charge in [0.1, 0.15) is 0 Å². The summed E-state index contributed by atoms with van der Waals surface area (Å²) in [6.07, 6.45) is 1.07. The summed E-state index contributed by atoms with van der Waals surface area (Å²) >= 11 is 0. The average molecular weight is 249 g/mol. The van der Waals surface area contributed by atoms with E-state index in [-0.39, 0.29) is 11.9 Å². The van der Waals surface area contributed by atoms with Gasteiger partial charge in [0.25, 0.3) is 0 Å². The highest BCUT2D eigenvalue weighted by Gasteiger charge is 2.05. The maximum Gasteiger partial charge on any atom is 0.248 e. The Morgan fingerprint density at radius 2 is 2.11 bits per heavy atom. The van der Waals surface area contributed by atoms with Gasteiger partial charge in [-0.05, 0) is 31.0 Å². The Hall–Kier alpha value is -1.88. The molecule has 1 aromatic rings. The molecule has 1 unspecified atom stereocenters. The third kappa shape index (κ3) is 4.97. The molecule has 0 aromatic heterocycles. The van der Waals surface area contributed by atoms with Crippen molar-refractivity contribution in [3.05, 3.63) is 35.4 Å². The van der Waals surface area contributed by atoms with Crippen LogP contribution in [0, 0.1) is 0 Å². The van der Waals surface area contributed by atoms with Crippen LogP contribution in [0.2, 0.25) is 0 Å². The Morgan fingerprint density at radius 1 is 1.39 bits per heavy atom. The lowest BCUT2D eigenvalue weighted by Crippen LogP contribution is -2.25. The van der Waals surface area contributed by atoms with E-state index in [1.807, 2.05) is 13.0 Å². The molecule has 2 amide bonds. The predicted octanol–water partition coefficient (Wildman–Crippen LogP) is 0.529. The standard InChI is InChI=1S/C13H19N3O2/c1-9(14)5-6-12(17)16-8-10-3-2-4-11(7-10)13(15)18/h2-4,7,9H,5-6,8,14H2,1H3,(H2,15,18)(H,16,17). The summed E-state index contributed by atoms with van der Waals surface area (Å²) in [7, 11) is 0. The number of benzene rings is 1. The first-order valence-corrected chi connectivity index (χ1v) is 5.90. The van der Waals surface area contributed by atoms with Gasteiger partial charge in [-0.3, -0.25) is 9.59 Å². The van der Waals surface area contributed by atoms with Crippen molar-refractivity contribution in [1.82, 2.24) is 5.32 Å². The number of rotatable bonds is 6. The zero-order valence-corrected chi connectivity index (χ0v) is 10.5. The maximum absolute atomic E-state index is 11.5. The number of amides is 2. The summed E-state index contributed by atoms with van der Waals surface area (Å²) in [6, 6.07) is 6.91. The van der Waals surface area contributed by atoms with Crippen LogP contribution in [0.1, 0.15) is 35.7 Å². The molecule has 0 aliphatic heterocycles. The number of carbonyl (C=O) groups is 2. The van der Waals surface area contributed by atoms with E-state index < -0.39 is 5.91 Å². The summed E-state index contributed by atoms with van der Waals surface area (Å²) in [5.74, 6) is -0.517. The minimum Gasteiger partial charge on any atom is -0.366 e. The Morgan fingerprint density at radius 3 is 2.72 bits per heavy atom.